The molecule has 0 aliphatic heterocycles. The van der Waals surface area contributed by atoms with Crippen molar-refractivity contribution in [2.24, 2.45) is 7.05 Å². The second-order valence-corrected chi connectivity index (χ2v) is 4.22. The van der Waals surface area contributed by atoms with Gasteiger partial charge in [-0.25, -0.2) is 4.98 Å². The van der Waals surface area contributed by atoms with E-state index in [2.05, 4.69) is 10.1 Å². The molecule has 17 heavy (non-hydrogen) atoms. The highest BCUT2D eigenvalue weighted by Crippen LogP contribution is 2.22. The maximum absolute atomic E-state index is 10.4. The van der Waals surface area contributed by atoms with Gasteiger partial charge in [-0.05, 0) is 26.8 Å². The van der Waals surface area contributed by atoms with Crippen LogP contribution in [-0.4, -0.2) is 24.4 Å². The molecule has 0 bridgehead atoms. The SMILES string of the molecule is CCn1nc(C)cc1C(O)c1cnc(C)n1C. The molecule has 0 spiro atoms. The van der Waals surface area contributed by atoms with E-state index in [0.717, 1.165) is 29.5 Å². The Kier molecular flexibility index (Phi) is 3.02. The molecule has 2 aromatic rings. The van der Waals surface area contributed by atoms with E-state index in [1.54, 1.807) is 6.20 Å². The molecule has 1 N–H and O–H groups in total. The van der Waals surface area contributed by atoms with Gasteiger partial charge in [0, 0.05) is 13.6 Å². The molecular formula is C12H18N4O. The number of nitrogens with zero attached hydrogens (tertiary/aromatic N) is 4. The van der Waals surface area contributed by atoms with Gasteiger partial charge >= 0.3 is 0 Å². The van der Waals surface area contributed by atoms with Gasteiger partial charge in [-0.1, -0.05) is 0 Å². The number of hydrogen-bond donors (Lipinski definition) is 1. The predicted octanol–water partition coefficient (Wildman–Crippen LogP) is 1.34. The first kappa shape index (κ1) is 11.9. The van der Waals surface area contributed by atoms with Gasteiger partial charge in [0.25, 0.3) is 0 Å². The third-order valence-electron chi connectivity index (χ3n) is 3.05. The van der Waals surface area contributed by atoms with Gasteiger partial charge in [-0.15, -0.1) is 0 Å². The molecule has 0 amide bonds. The van der Waals surface area contributed by atoms with Crippen LogP contribution in [0.1, 0.15) is 35.9 Å². The van der Waals surface area contributed by atoms with Crippen molar-refractivity contribution in [3.63, 3.8) is 0 Å². The molecule has 0 saturated heterocycles. The Hall–Kier alpha value is -1.62. The molecule has 0 aliphatic carbocycles. The summed E-state index contributed by atoms with van der Waals surface area (Å²) in [5, 5.41) is 14.7. The second-order valence-electron chi connectivity index (χ2n) is 4.22. The third kappa shape index (κ3) is 1.98. The van der Waals surface area contributed by atoms with Crippen molar-refractivity contribution in [3.8, 4) is 0 Å². The molecule has 0 aliphatic rings. The highest BCUT2D eigenvalue weighted by atomic mass is 16.3. The van der Waals surface area contributed by atoms with Gasteiger partial charge in [0.05, 0.1) is 23.3 Å². The summed E-state index contributed by atoms with van der Waals surface area (Å²) in [4.78, 5) is 4.20. The van der Waals surface area contributed by atoms with E-state index in [-0.39, 0.29) is 0 Å². The molecule has 1 unspecified atom stereocenters. The maximum atomic E-state index is 10.4. The maximum Gasteiger partial charge on any atom is 0.137 e. The molecule has 2 heterocycles. The highest BCUT2D eigenvalue weighted by molar-refractivity contribution is 5.21. The lowest BCUT2D eigenvalue weighted by Crippen LogP contribution is -2.12. The first-order valence-electron chi connectivity index (χ1n) is 5.75. The molecular weight excluding hydrogens is 216 g/mol. The summed E-state index contributed by atoms with van der Waals surface area (Å²) in [7, 11) is 1.90. The van der Waals surface area contributed by atoms with Gasteiger partial charge < -0.3 is 9.67 Å². The van der Waals surface area contributed by atoms with E-state index < -0.39 is 6.10 Å². The number of aryl methyl sites for hydroxylation is 3. The molecule has 92 valence electrons. The van der Waals surface area contributed by atoms with Crippen molar-refractivity contribution < 1.29 is 5.11 Å². The third-order valence-corrected chi connectivity index (χ3v) is 3.05. The van der Waals surface area contributed by atoms with Crippen LogP contribution >= 0.6 is 0 Å². The van der Waals surface area contributed by atoms with Gasteiger partial charge in [0.2, 0.25) is 0 Å². The molecule has 2 aromatic heterocycles. The normalized spacial score (nSPS) is 13.0. The molecule has 0 radical (unpaired) electrons. The van der Waals surface area contributed by atoms with Crippen molar-refractivity contribution >= 4 is 0 Å². The largest absolute Gasteiger partial charge is 0.380 e. The minimum absolute atomic E-state index is 0.678. The summed E-state index contributed by atoms with van der Waals surface area (Å²) in [5.74, 6) is 0.887. The Labute approximate surface area is 101 Å². The van der Waals surface area contributed by atoms with Crippen LogP contribution < -0.4 is 0 Å². The molecule has 1 atom stereocenters. The van der Waals surface area contributed by atoms with E-state index in [9.17, 15) is 5.11 Å². The topological polar surface area (TPSA) is 55.9 Å². The number of hydrogen-bond acceptors (Lipinski definition) is 3. The summed E-state index contributed by atoms with van der Waals surface area (Å²) in [6.45, 7) is 6.60. The Morgan fingerprint density at radius 3 is 2.59 bits per heavy atom. The lowest BCUT2D eigenvalue weighted by molar-refractivity contribution is 0.199. The lowest BCUT2D eigenvalue weighted by atomic mass is 10.2. The van der Waals surface area contributed by atoms with E-state index >= 15 is 0 Å². The number of aliphatic hydroxyl groups excluding tert-OH is 1. The summed E-state index contributed by atoms with van der Waals surface area (Å²) in [5.41, 5.74) is 2.52. The van der Waals surface area contributed by atoms with Crippen LogP contribution in [0.5, 0.6) is 0 Å². The Morgan fingerprint density at radius 2 is 2.06 bits per heavy atom. The molecule has 0 aromatic carbocycles. The Balaban J connectivity index is 2.43. The van der Waals surface area contributed by atoms with E-state index in [0.29, 0.717) is 0 Å². The van der Waals surface area contributed by atoms with Crippen LogP contribution in [-0.2, 0) is 13.6 Å². The van der Waals surface area contributed by atoms with Crippen LogP contribution in [0.25, 0.3) is 0 Å². The van der Waals surface area contributed by atoms with Gasteiger partial charge in [0.15, 0.2) is 0 Å². The minimum Gasteiger partial charge on any atom is -0.380 e. The van der Waals surface area contributed by atoms with Crippen LogP contribution in [0, 0.1) is 13.8 Å². The van der Waals surface area contributed by atoms with Crippen LogP contribution in [0.3, 0.4) is 0 Å². The zero-order valence-electron chi connectivity index (χ0n) is 10.7. The number of rotatable bonds is 3. The average molecular weight is 234 g/mol. The van der Waals surface area contributed by atoms with Crippen LogP contribution in [0.4, 0.5) is 0 Å². The van der Waals surface area contributed by atoms with Crippen LogP contribution in [0.2, 0.25) is 0 Å². The predicted molar refractivity (Wildman–Crippen MR) is 64.6 cm³/mol. The Morgan fingerprint density at radius 1 is 1.35 bits per heavy atom. The monoisotopic (exact) mass is 234 g/mol. The second kappa shape index (κ2) is 4.33. The van der Waals surface area contributed by atoms with Crippen LogP contribution in [0.15, 0.2) is 12.3 Å². The number of imidazole rings is 1. The molecule has 5 nitrogen and oxygen atoms in total. The van der Waals surface area contributed by atoms with Gasteiger partial charge in [-0.3, -0.25) is 4.68 Å². The number of aromatic nitrogens is 4. The Bertz CT molecular complexity index is 527. The molecule has 0 fully saturated rings. The fraction of sp³-hybridized carbons (Fsp3) is 0.500. The lowest BCUT2D eigenvalue weighted by Gasteiger charge is -2.13. The van der Waals surface area contributed by atoms with E-state index in [1.165, 1.54) is 0 Å². The summed E-state index contributed by atoms with van der Waals surface area (Å²) in [6, 6.07) is 1.91. The van der Waals surface area contributed by atoms with Crippen molar-refractivity contribution in [2.45, 2.75) is 33.4 Å². The summed E-state index contributed by atoms with van der Waals surface area (Å²) in [6.07, 6.45) is 1.03. The first-order valence-corrected chi connectivity index (χ1v) is 5.75. The molecule has 2 rings (SSSR count). The minimum atomic E-state index is -0.678. The average Bonchev–Trinajstić information content (AvgIpc) is 2.83. The van der Waals surface area contributed by atoms with Crippen molar-refractivity contribution in [3.05, 3.63) is 35.2 Å². The van der Waals surface area contributed by atoms with Crippen molar-refractivity contribution in [1.29, 1.82) is 0 Å². The zero-order chi connectivity index (χ0) is 12.6. The first-order chi connectivity index (χ1) is 8.04. The summed E-state index contributed by atoms with van der Waals surface area (Å²) >= 11 is 0. The smallest absolute Gasteiger partial charge is 0.137 e. The van der Waals surface area contributed by atoms with Gasteiger partial charge in [-0.2, -0.15) is 5.10 Å². The van der Waals surface area contributed by atoms with Gasteiger partial charge in [0.1, 0.15) is 11.9 Å². The molecule has 0 saturated carbocycles. The fourth-order valence-electron chi connectivity index (χ4n) is 1.96. The number of aliphatic hydroxyl groups is 1. The fourth-order valence-corrected chi connectivity index (χ4v) is 1.96. The zero-order valence-corrected chi connectivity index (χ0v) is 10.7. The standard InChI is InChI=1S/C12H18N4O/c1-5-16-10(6-8(2)14-16)12(17)11-7-13-9(3)15(11)4/h6-7,12,17H,5H2,1-4H3. The van der Waals surface area contributed by atoms with Crippen molar-refractivity contribution in [1.82, 2.24) is 19.3 Å². The van der Waals surface area contributed by atoms with Crippen molar-refractivity contribution in [2.75, 3.05) is 0 Å². The molecule has 5 heteroatoms. The van der Waals surface area contributed by atoms with E-state index in [1.807, 2.05) is 43.1 Å². The highest BCUT2D eigenvalue weighted by Gasteiger charge is 2.19. The van der Waals surface area contributed by atoms with E-state index in [4.69, 9.17) is 0 Å². The summed E-state index contributed by atoms with van der Waals surface area (Å²) < 4.78 is 3.72. The quantitative estimate of drug-likeness (QED) is 0.871.